The maximum absolute atomic E-state index is 14.3. The Morgan fingerprint density at radius 2 is 1.70 bits per heavy atom. The number of benzene rings is 3. The maximum Gasteiger partial charge on any atom is 0.519 e. The Hall–Kier alpha value is -6.33. The molecule has 1 aliphatic carbocycles. The number of nitrogens with zero attached hydrogens (tertiary/aromatic N) is 6. The number of aryl methyl sites for hydroxylation is 1. The minimum Gasteiger partial charge on any atom is -0.496 e. The zero-order valence-electron chi connectivity index (χ0n) is 37.8. The summed E-state index contributed by atoms with van der Waals surface area (Å²) in [6, 6.07) is 20.7. The summed E-state index contributed by atoms with van der Waals surface area (Å²) in [5.74, 6) is 1.44. The average molecular weight is 948 g/mol. The molecule has 67 heavy (non-hydrogen) atoms. The van der Waals surface area contributed by atoms with Gasteiger partial charge >= 0.3 is 11.8 Å². The summed E-state index contributed by atoms with van der Waals surface area (Å²) < 4.78 is 46.5. The molecule has 5 heterocycles. The normalized spacial score (nSPS) is 15.0. The Kier molecular flexibility index (Phi) is 14.1. The van der Waals surface area contributed by atoms with Crippen LogP contribution in [0.2, 0.25) is 5.02 Å². The second-order valence-electron chi connectivity index (χ2n) is 16.7. The van der Waals surface area contributed by atoms with E-state index in [0.29, 0.717) is 46.0 Å². The minimum atomic E-state index is -1.24. The summed E-state index contributed by atoms with van der Waals surface area (Å²) in [5.41, 5.74) is 5.55. The highest BCUT2D eigenvalue weighted by Crippen LogP contribution is 2.48. The van der Waals surface area contributed by atoms with E-state index in [1.54, 1.807) is 26.3 Å². The van der Waals surface area contributed by atoms with Crippen molar-refractivity contribution in [1.29, 1.82) is 0 Å². The fourth-order valence-corrected chi connectivity index (χ4v) is 9.23. The summed E-state index contributed by atoms with van der Waals surface area (Å²) in [5, 5.41) is 1.24. The van der Waals surface area contributed by atoms with Gasteiger partial charge in [0.2, 0.25) is 12.0 Å². The zero-order chi connectivity index (χ0) is 46.4. The van der Waals surface area contributed by atoms with Crippen LogP contribution >= 0.6 is 23.1 Å². The van der Waals surface area contributed by atoms with Crippen LogP contribution in [-0.4, -0.2) is 94.7 Å². The molecule has 15 nitrogen and oxygen atoms in total. The second-order valence-corrected chi connectivity index (χ2v) is 17.9. The standard InChI is InChI=1S/C50H51ClN6O9S/c1-30-35(16-17-39(45(30)51)61-25-24-57-22-20-56(3)21-23-57)43-44-42(27-53-46(43)32-11-9-12-32)67-55-48(44)65-40(49(58)63-29-41-31(2)64-50(59)66-41)26-33-10-5-7-14-37(33)62-28-34-18-19-52-47(54-34)36-13-6-8-15-38(36)60-4/h5-8,10,13-19,27,32,40H,9,11-12,20-26,28-29H2,1-4H3/t40-/m1/s1. The molecule has 3 aromatic carbocycles. The van der Waals surface area contributed by atoms with Crippen LogP contribution in [0.15, 0.2) is 92.8 Å². The first-order valence-corrected chi connectivity index (χ1v) is 23.5. The van der Waals surface area contributed by atoms with Crippen molar-refractivity contribution < 1.29 is 37.3 Å². The van der Waals surface area contributed by atoms with Gasteiger partial charge in [0, 0.05) is 63.0 Å². The predicted molar refractivity (Wildman–Crippen MR) is 253 cm³/mol. The minimum absolute atomic E-state index is 0.0273. The van der Waals surface area contributed by atoms with Gasteiger partial charge in [0.05, 0.1) is 39.2 Å². The molecule has 0 radical (unpaired) electrons. The van der Waals surface area contributed by atoms with E-state index < -0.39 is 17.9 Å². The lowest BCUT2D eigenvalue weighted by atomic mass is 9.79. The van der Waals surface area contributed by atoms with Crippen LogP contribution < -0.4 is 24.8 Å². The van der Waals surface area contributed by atoms with Crippen LogP contribution in [0.4, 0.5) is 0 Å². The number of likely N-dealkylation sites (N-methyl/N-ethyl adjacent to an activating group) is 1. The molecule has 1 aliphatic heterocycles. The van der Waals surface area contributed by atoms with Crippen LogP contribution in [0, 0.1) is 13.8 Å². The number of para-hydroxylation sites is 2. The number of carbonyl (C=O) groups excluding carboxylic acids is 1. The highest BCUT2D eigenvalue weighted by molar-refractivity contribution is 7.13. The number of methoxy groups -OCH3 is 1. The Morgan fingerprint density at radius 3 is 2.46 bits per heavy atom. The fraction of sp³-hybridized carbons (Fsp3) is 0.360. The quantitative estimate of drug-likeness (QED) is 0.0749. The molecular formula is C50H51ClN6O9S. The fourth-order valence-electron chi connectivity index (χ4n) is 8.31. The van der Waals surface area contributed by atoms with Gasteiger partial charge in [-0.25, -0.2) is 19.6 Å². The van der Waals surface area contributed by atoms with Crippen LogP contribution in [0.25, 0.3) is 32.6 Å². The van der Waals surface area contributed by atoms with Gasteiger partial charge in [-0.1, -0.05) is 54.4 Å². The first-order chi connectivity index (χ1) is 32.6. The molecule has 1 saturated heterocycles. The van der Waals surface area contributed by atoms with Gasteiger partial charge in [-0.2, -0.15) is 4.37 Å². The third-order valence-electron chi connectivity index (χ3n) is 12.4. The van der Waals surface area contributed by atoms with E-state index >= 15 is 0 Å². The van der Waals surface area contributed by atoms with Crippen molar-refractivity contribution in [2.24, 2.45) is 0 Å². The molecule has 0 bridgehead atoms. The first kappa shape index (κ1) is 45.8. The number of pyridine rings is 1. The predicted octanol–water partition coefficient (Wildman–Crippen LogP) is 8.85. The SMILES string of the molecule is COc1ccccc1-c1nccc(COc2ccccc2C[C@@H](Oc2nsc3cnc(C4CCC4)c(-c4ccc(OCCN5CCN(C)CC5)c(Cl)c4C)c23)C(=O)OCc2oc(=O)oc2C)n1. The third kappa shape index (κ3) is 10.3. The number of esters is 1. The second kappa shape index (κ2) is 20.7. The van der Waals surface area contributed by atoms with Crippen LogP contribution in [0.1, 0.15) is 59.2 Å². The van der Waals surface area contributed by atoms with Crippen molar-refractivity contribution in [2.45, 2.75) is 64.8 Å². The van der Waals surface area contributed by atoms with Crippen LogP contribution in [0.3, 0.4) is 0 Å². The summed E-state index contributed by atoms with van der Waals surface area (Å²) in [4.78, 5) is 45.2. The number of ether oxygens (including phenoxy) is 5. The van der Waals surface area contributed by atoms with Crippen molar-refractivity contribution in [3.8, 4) is 45.6 Å². The Labute approximate surface area is 396 Å². The zero-order valence-corrected chi connectivity index (χ0v) is 39.4. The van der Waals surface area contributed by atoms with Crippen molar-refractivity contribution in [2.75, 3.05) is 53.5 Å². The number of hydrogen-bond donors (Lipinski definition) is 0. The van der Waals surface area contributed by atoms with Crippen molar-refractivity contribution in [3.63, 3.8) is 0 Å². The smallest absolute Gasteiger partial charge is 0.496 e. The molecule has 0 amide bonds. The summed E-state index contributed by atoms with van der Waals surface area (Å²) >= 11 is 8.38. The summed E-state index contributed by atoms with van der Waals surface area (Å²) in [7, 11) is 3.75. The third-order valence-corrected chi connectivity index (χ3v) is 13.6. The van der Waals surface area contributed by atoms with Crippen LogP contribution in [0.5, 0.6) is 23.1 Å². The van der Waals surface area contributed by atoms with E-state index in [4.69, 9.17) is 58.5 Å². The Bertz CT molecular complexity index is 2930. The number of aromatic nitrogens is 4. The lowest BCUT2D eigenvalue weighted by Crippen LogP contribution is -2.45. The highest BCUT2D eigenvalue weighted by Gasteiger charge is 2.32. The molecule has 2 aliphatic rings. The van der Waals surface area contributed by atoms with Gasteiger partial charge in [-0.15, -0.1) is 0 Å². The summed E-state index contributed by atoms with van der Waals surface area (Å²) in [6.45, 7) is 8.71. The number of rotatable bonds is 18. The molecule has 4 aromatic heterocycles. The molecule has 0 N–H and O–H groups in total. The molecule has 348 valence electrons. The van der Waals surface area contributed by atoms with Gasteiger partial charge in [-0.05, 0) is 92.3 Å². The molecule has 1 atom stereocenters. The monoisotopic (exact) mass is 946 g/mol. The lowest BCUT2D eigenvalue weighted by Gasteiger charge is -2.32. The number of halogens is 1. The van der Waals surface area contributed by atoms with E-state index in [9.17, 15) is 9.59 Å². The Morgan fingerprint density at radius 1 is 0.910 bits per heavy atom. The van der Waals surface area contributed by atoms with Crippen LogP contribution in [-0.2, 0) is 29.2 Å². The first-order valence-electron chi connectivity index (χ1n) is 22.3. The molecule has 9 rings (SSSR count). The van der Waals surface area contributed by atoms with Gasteiger partial charge in [-0.3, -0.25) is 9.88 Å². The van der Waals surface area contributed by atoms with E-state index in [1.807, 2.05) is 73.8 Å². The van der Waals surface area contributed by atoms with Gasteiger partial charge in [0.1, 0.15) is 30.5 Å². The topological polar surface area (TPSA) is 165 Å². The number of fused-ring (bicyclic) bond motifs is 1. The average Bonchev–Trinajstić information content (AvgIpc) is 3.89. The molecular weight excluding hydrogens is 896 g/mol. The van der Waals surface area contributed by atoms with E-state index in [2.05, 4.69) is 21.8 Å². The lowest BCUT2D eigenvalue weighted by molar-refractivity contribution is -0.154. The van der Waals surface area contributed by atoms with E-state index in [1.165, 1.54) is 11.5 Å². The van der Waals surface area contributed by atoms with Gasteiger partial charge in [0.15, 0.2) is 24.0 Å². The summed E-state index contributed by atoms with van der Waals surface area (Å²) in [6.07, 6.45) is 5.38. The molecule has 0 unspecified atom stereocenters. The largest absolute Gasteiger partial charge is 0.519 e. The van der Waals surface area contributed by atoms with Crippen molar-refractivity contribution in [3.05, 3.63) is 129 Å². The van der Waals surface area contributed by atoms with Gasteiger partial charge < -0.3 is 37.4 Å². The van der Waals surface area contributed by atoms with E-state index in [-0.39, 0.29) is 43.0 Å². The molecule has 0 spiro atoms. The van der Waals surface area contributed by atoms with Crippen molar-refractivity contribution in [1.82, 2.24) is 29.1 Å². The Balaban J connectivity index is 1.02. The number of piperazine rings is 1. The van der Waals surface area contributed by atoms with Crippen molar-refractivity contribution >= 4 is 39.2 Å². The van der Waals surface area contributed by atoms with Gasteiger partial charge in [0.25, 0.3) is 0 Å². The highest BCUT2D eigenvalue weighted by atomic mass is 35.5. The molecule has 17 heteroatoms. The number of hydrogen-bond acceptors (Lipinski definition) is 16. The molecule has 7 aromatic rings. The maximum atomic E-state index is 14.3. The molecule has 2 fully saturated rings. The number of carbonyl (C=O) groups is 1. The van der Waals surface area contributed by atoms with E-state index in [0.717, 1.165) is 90.0 Å². The molecule has 1 saturated carbocycles.